The number of rotatable bonds is 6. The fourth-order valence-electron chi connectivity index (χ4n) is 10.7. The number of hydrogen-bond donors (Lipinski definition) is 0. The SMILES string of the molecule is c1ccc(-c2ccc3c(c2)C2(c4cc(-c5ccccc5)ccc4O3)c3ccccc3-c3ccc(N(c4ccccc4)c4ccc5c6ccccc6n(-c6ccccc6)c5c4)cc32)cc1. The van der Waals surface area contributed by atoms with E-state index in [0.29, 0.717) is 0 Å². The second kappa shape index (κ2) is 14.3. The van der Waals surface area contributed by atoms with Crippen molar-refractivity contribution in [3.63, 3.8) is 0 Å². The molecule has 1 aliphatic heterocycles. The smallest absolute Gasteiger partial charge is 0.132 e. The summed E-state index contributed by atoms with van der Waals surface area (Å²) in [6, 6.07) is 88.2. The number of ether oxygens (including phenoxy) is 1. The fourth-order valence-corrected chi connectivity index (χ4v) is 10.7. The number of aromatic nitrogens is 1. The first-order chi connectivity index (χ1) is 31.7. The standard InChI is InChI=1S/C61H40N2O/c1-5-17-41(18-6-1)43-29-35-59-55(37-43)61(56-38-44(30-36-60(56)64-59)42-19-7-2-8-20-42)53-27-15-13-25-49(53)50-33-31-47(39-54(50)61)62(45-21-9-3-10-22-45)48-32-34-52-51-26-14-16-28-57(51)63(58(52)40-48)46-23-11-4-12-24-46/h1-40H. The van der Waals surface area contributed by atoms with E-state index in [0.717, 1.165) is 62.0 Å². The van der Waals surface area contributed by atoms with E-state index in [9.17, 15) is 0 Å². The Hall–Kier alpha value is -8.40. The molecule has 0 atom stereocenters. The molecule has 0 saturated heterocycles. The molecule has 300 valence electrons. The summed E-state index contributed by atoms with van der Waals surface area (Å²) >= 11 is 0. The molecule has 1 aromatic heterocycles. The Morgan fingerprint density at radius 1 is 0.328 bits per heavy atom. The van der Waals surface area contributed by atoms with E-state index in [-0.39, 0.29) is 0 Å². The van der Waals surface area contributed by atoms with Gasteiger partial charge in [0.05, 0.1) is 16.4 Å². The zero-order valence-corrected chi connectivity index (χ0v) is 34.9. The van der Waals surface area contributed by atoms with Crippen LogP contribution in [0.1, 0.15) is 22.3 Å². The maximum Gasteiger partial charge on any atom is 0.132 e. The first kappa shape index (κ1) is 36.3. The molecule has 0 bridgehead atoms. The summed E-state index contributed by atoms with van der Waals surface area (Å²) in [5.74, 6) is 1.73. The van der Waals surface area contributed by atoms with Crippen LogP contribution in [-0.2, 0) is 5.41 Å². The van der Waals surface area contributed by atoms with Crippen molar-refractivity contribution in [1.29, 1.82) is 0 Å². The van der Waals surface area contributed by atoms with Crippen molar-refractivity contribution in [2.75, 3.05) is 4.90 Å². The van der Waals surface area contributed by atoms with Crippen LogP contribution in [0.4, 0.5) is 17.1 Å². The molecule has 0 fully saturated rings. The summed E-state index contributed by atoms with van der Waals surface area (Å²) in [4.78, 5) is 2.42. The van der Waals surface area contributed by atoms with Crippen LogP contribution in [0.5, 0.6) is 11.5 Å². The molecule has 0 N–H and O–H groups in total. The minimum absolute atomic E-state index is 0.702. The summed E-state index contributed by atoms with van der Waals surface area (Å²) in [7, 11) is 0. The third-order valence-electron chi connectivity index (χ3n) is 13.4. The van der Waals surface area contributed by atoms with Crippen LogP contribution >= 0.6 is 0 Å². The minimum Gasteiger partial charge on any atom is -0.457 e. The predicted molar refractivity (Wildman–Crippen MR) is 264 cm³/mol. The lowest BCUT2D eigenvalue weighted by molar-refractivity contribution is 0.436. The second-order valence-corrected chi connectivity index (χ2v) is 16.8. The van der Waals surface area contributed by atoms with Crippen LogP contribution in [0.3, 0.4) is 0 Å². The van der Waals surface area contributed by atoms with Crippen LogP contribution in [0.15, 0.2) is 243 Å². The zero-order chi connectivity index (χ0) is 42.2. The monoisotopic (exact) mass is 816 g/mol. The molecule has 3 heteroatoms. The van der Waals surface area contributed by atoms with Crippen molar-refractivity contribution in [2.24, 2.45) is 0 Å². The number of para-hydroxylation sites is 3. The topological polar surface area (TPSA) is 17.4 Å². The van der Waals surface area contributed by atoms with Crippen molar-refractivity contribution >= 4 is 38.9 Å². The lowest BCUT2D eigenvalue weighted by Crippen LogP contribution is -2.32. The molecule has 11 aromatic rings. The van der Waals surface area contributed by atoms with Crippen LogP contribution in [-0.4, -0.2) is 4.57 Å². The Morgan fingerprint density at radius 2 is 0.859 bits per heavy atom. The molecular formula is C61H40N2O. The molecule has 13 rings (SSSR count). The van der Waals surface area contributed by atoms with Crippen LogP contribution < -0.4 is 9.64 Å². The normalized spacial score (nSPS) is 12.9. The van der Waals surface area contributed by atoms with Gasteiger partial charge < -0.3 is 14.2 Å². The van der Waals surface area contributed by atoms with Crippen molar-refractivity contribution in [3.8, 4) is 50.6 Å². The zero-order valence-electron chi connectivity index (χ0n) is 34.9. The average Bonchev–Trinajstić information content (AvgIpc) is 3.85. The summed E-state index contributed by atoms with van der Waals surface area (Å²) in [5, 5.41) is 2.46. The average molecular weight is 817 g/mol. The van der Waals surface area contributed by atoms with Gasteiger partial charge >= 0.3 is 0 Å². The number of anilines is 3. The molecular weight excluding hydrogens is 777 g/mol. The van der Waals surface area contributed by atoms with Gasteiger partial charge in [-0.1, -0.05) is 164 Å². The summed E-state index contributed by atoms with van der Waals surface area (Å²) in [6.45, 7) is 0. The molecule has 1 spiro atoms. The molecule has 2 aliphatic rings. The maximum absolute atomic E-state index is 6.99. The molecule has 0 saturated carbocycles. The van der Waals surface area contributed by atoms with Crippen LogP contribution in [0.2, 0.25) is 0 Å². The Kier molecular flexibility index (Phi) is 8.13. The molecule has 64 heavy (non-hydrogen) atoms. The predicted octanol–water partition coefficient (Wildman–Crippen LogP) is 16.1. The van der Waals surface area contributed by atoms with E-state index in [4.69, 9.17) is 4.74 Å². The van der Waals surface area contributed by atoms with Crippen molar-refractivity contribution in [2.45, 2.75) is 5.41 Å². The minimum atomic E-state index is -0.702. The van der Waals surface area contributed by atoms with Crippen LogP contribution in [0, 0.1) is 0 Å². The lowest BCUT2D eigenvalue weighted by atomic mass is 9.65. The Morgan fingerprint density at radius 3 is 1.55 bits per heavy atom. The van der Waals surface area contributed by atoms with E-state index in [1.807, 2.05) is 0 Å². The number of benzene rings is 10. The first-order valence-corrected chi connectivity index (χ1v) is 22.0. The summed E-state index contributed by atoms with van der Waals surface area (Å²) in [6.07, 6.45) is 0. The third kappa shape index (κ3) is 5.41. The van der Waals surface area contributed by atoms with Crippen LogP contribution in [0.25, 0.3) is 60.9 Å². The van der Waals surface area contributed by atoms with E-state index in [1.165, 1.54) is 49.7 Å². The molecule has 0 radical (unpaired) electrons. The van der Waals surface area contributed by atoms with Gasteiger partial charge in [0, 0.05) is 44.6 Å². The van der Waals surface area contributed by atoms with Gasteiger partial charge in [0.15, 0.2) is 0 Å². The van der Waals surface area contributed by atoms with E-state index >= 15 is 0 Å². The molecule has 3 nitrogen and oxygen atoms in total. The Labute approximate surface area is 372 Å². The highest BCUT2D eigenvalue weighted by Gasteiger charge is 2.51. The van der Waals surface area contributed by atoms with Gasteiger partial charge in [-0.2, -0.15) is 0 Å². The summed E-state index contributed by atoms with van der Waals surface area (Å²) < 4.78 is 9.39. The van der Waals surface area contributed by atoms with Gasteiger partial charge in [-0.3, -0.25) is 0 Å². The van der Waals surface area contributed by atoms with Crippen molar-refractivity contribution < 1.29 is 4.74 Å². The molecule has 10 aromatic carbocycles. The highest BCUT2D eigenvalue weighted by molar-refractivity contribution is 6.10. The molecule has 0 amide bonds. The van der Waals surface area contributed by atoms with Gasteiger partial charge in [-0.25, -0.2) is 0 Å². The highest BCUT2D eigenvalue weighted by atomic mass is 16.5. The van der Waals surface area contributed by atoms with Gasteiger partial charge in [0.1, 0.15) is 11.5 Å². The van der Waals surface area contributed by atoms with Gasteiger partial charge in [0.2, 0.25) is 0 Å². The molecule has 2 heterocycles. The summed E-state index contributed by atoms with van der Waals surface area (Å²) in [5.41, 5.74) is 17.9. The largest absolute Gasteiger partial charge is 0.457 e. The maximum atomic E-state index is 6.99. The number of hydrogen-bond acceptors (Lipinski definition) is 2. The van der Waals surface area contributed by atoms with E-state index < -0.39 is 5.41 Å². The third-order valence-corrected chi connectivity index (χ3v) is 13.4. The lowest BCUT2D eigenvalue weighted by Gasteiger charge is -2.40. The van der Waals surface area contributed by atoms with Crippen molar-refractivity contribution in [3.05, 3.63) is 265 Å². The quantitative estimate of drug-likeness (QED) is 0.166. The second-order valence-electron chi connectivity index (χ2n) is 16.8. The number of fused-ring (bicyclic) bond motifs is 12. The molecule has 0 unspecified atom stereocenters. The van der Waals surface area contributed by atoms with E-state index in [2.05, 4.69) is 252 Å². The highest BCUT2D eigenvalue weighted by Crippen LogP contribution is 2.63. The van der Waals surface area contributed by atoms with Gasteiger partial charge in [0.25, 0.3) is 0 Å². The van der Waals surface area contributed by atoms with Crippen molar-refractivity contribution in [1.82, 2.24) is 4.57 Å². The van der Waals surface area contributed by atoms with Gasteiger partial charge in [-0.05, 0) is 123 Å². The first-order valence-electron chi connectivity index (χ1n) is 22.0. The van der Waals surface area contributed by atoms with Gasteiger partial charge in [-0.15, -0.1) is 0 Å². The fraction of sp³-hybridized carbons (Fsp3) is 0.0164. The number of nitrogens with zero attached hydrogens (tertiary/aromatic N) is 2. The van der Waals surface area contributed by atoms with E-state index in [1.54, 1.807) is 0 Å². The Bertz CT molecular complexity index is 3490. The Balaban J connectivity index is 1.09. The molecule has 1 aliphatic carbocycles.